The Hall–Kier alpha value is -3.93. The number of esters is 3. The zero-order valence-corrected chi connectivity index (χ0v) is 43.4. The van der Waals surface area contributed by atoms with Gasteiger partial charge in [-0.15, -0.1) is 0 Å². The Morgan fingerprint density at radius 1 is 0.313 bits per heavy atom. The number of carbonyl (C=O) groups excluding carboxylic acids is 3. The second kappa shape index (κ2) is 54.7. The van der Waals surface area contributed by atoms with E-state index in [1.807, 2.05) is 0 Å². The largest absolute Gasteiger partial charge is 0.462 e. The highest BCUT2D eigenvalue weighted by atomic mass is 16.6. The van der Waals surface area contributed by atoms with Gasteiger partial charge in [0.05, 0.1) is 0 Å². The molecule has 0 rings (SSSR count). The van der Waals surface area contributed by atoms with Crippen molar-refractivity contribution in [2.24, 2.45) is 0 Å². The molecule has 6 nitrogen and oxygen atoms in total. The first-order chi connectivity index (χ1) is 33.0. The van der Waals surface area contributed by atoms with Gasteiger partial charge in [0.25, 0.3) is 0 Å². The Balaban J connectivity index is 4.48. The average Bonchev–Trinajstić information content (AvgIpc) is 3.33. The highest BCUT2D eigenvalue weighted by Gasteiger charge is 2.19. The maximum Gasteiger partial charge on any atom is 0.306 e. The molecule has 1 atom stereocenters. The van der Waals surface area contributed by atoms with Crippen molar-refractivity contribution in [3.63, 3.8) is 0 Å². The van der Waals surface area contributed by atoms with Gasteiger partial charge in [0.2, 0.25) is 0 Å². The van der Waals surface area contributed by atoms with Crippen molar-refractivity contribution in [3.05, 3.63) is 109 Å². The fourth-order valence-electron chi connectivity index (χ4n) is 7.12. The third-order valence-corrected chi connectivity index (χ3v) is 11.2. The van der Waals surface area contributed by atoms with Crippen LogP contribution >= 0.6 is 0 Å². The minimum absolute atomic E-state index is 0.101. The molecule has 0 spiro atoms. The van der Waals surface area contributed by atoms with Gasteiger partial charge in [0.15, 0.2) is 6.10 Å². The van der Waals surface area contributed by atoms with Crippen LogP contribution in [-0.2, 0) is 28.6 Å². The molecule has 0 aromatic rings. The molecule has 0 N–H and O–H groups in total. The van der Waals surface area contributed by atoms with E-state index in [4.69, 9.17) is 14.2 Å². The molecule has 0 aromatic heterocycles. The summed E-state index contributed by atoms with van der Waals surface area (Å²) in [5.74, 6) is -0.958. The van der Waals surface area contributed by atoms with Crippen LogP contribution in [-0.4, -0.2) is 37.2 Å². The molecule has 380 valence electrons. The van der Waals surface area contributed by atoms with E-state index >= 15 is 0 Å². The Morgan fingerprint density at radius 3 is 0.985 bits per heavy atom. The maximum absolute atomic E-state index is 12.8. The van der Waals surface area contributed by atoms with Gasteiger partial charge in [0, 0.05) is 19.3 Å². The first-order valence-corrected chi connectivity index (χ1v) is 27.4. The summed E-state index contributed by atoms with van der Waals surface area (Å²) >= 11 is 0. The zero-order chi connectivity index (χ0) is 48.6. The van der Waals surface area contributed by atoms with Crippen LogP contribution in [0.2, 0.25) is 0 Å². The molecule has 0 fully saturated rings. The molecule has 0 heterocycles. The highest BCUT2D eigenvalue weighted by Crippen LogP contribution is 2.13. The highest BCUT2D eigenvalue weighted by molar-refractivity contribution is 5.71. The van der Waals surface area contributed by atoms with Gasteiger partial charge in [-0.3, -0.25) is 14.4 Å². The summed E-state index contributed by atoms with van der Waals surface area (Å²) in [6.45, 7) is 6.38. The van der Waals surface area contributed by atoms with Crippen LogP contribution in [0.3, 0.4) is 0 Å². The van der Waals surface area contributed by atoms with E-state index in [0.717, 1.165) is 141 Å². The standard InChI is InChI=1S/C61H100O6/c1-4-7-10-13-16-19-22-25-27-29-30-32-33-36-39-42-45-48-51-54-60(63)66-57-58(56-65-59(62)53-50-47-44-41-38-35-24-21-18-15-12-9-6-3)67-61(64)55-52-49-46-43-40-37-34-31-28-26-23-20-17-14-11-8-5-2/h7,10,12,15-17,19-21,24-28,30,32,36,39,58H,4-6,8-9,11,13-14,18,22-23,29,31,33-35,37-38,40-57H2,1-3H3/b10-7-,15-12-,19-16-,20-17-,24-21-,27-25-,28-26-,32-30-,39-36-. The third-order valence-electron chi connectivity index (χ3n) is 11.2. The predicted molar refractivity (Wildman–Crippen MR) is 288 cm³/mol. The third kappa shape index (κ3) is 52.9. The Kier molecular flexibility index (Phi) is 51.5. The predicted octanol–water partition coefficient (Wildman–Crippen LogP) is 18.3. The minimum Gasteiger partial charge on any atom is -0.462 e. The van der Waals surface area contributed by atoms with E-state index < -0.39 is 6.10 Å². The summed E-state index contributed by atoms with van der Waals surface area (Å²) in [5.41, 5.74) is 0. The van der Waals surface area contributed by atoms with Gasteiger partial charge >= 0.3 is 17.9 Å². The number of unbranched alkanes of at least 4 members (excludes halogenated alkanes) is 19. The average molecular weight is 929 g/mol. The van der Waals surface area contributed by atoms with Crippen LogP contribution in [0.15, 0.2) is 109 Å². The molecule has 0 aromatic carbocycles. The van der Waals surface area contributed by atoms with Crippen LogP contribution < -0.4 is 0 Å². The van der Waals surface area contributed by atoms with E-state index in [1.165, 1.54) is 57.8 Å². The first-order valence-electron chi connectivity index (χ1n) is 27.4. The topological polar surface area (TPSA) is 78.9 Å². The summed E-state index contributed by atoms with van der Waals surface area (Å²) in [7, 11) is 0. The molecule has 0 saturated heterocycles. The second-order valence-electron chi connectivity index (χ2n) is 17.7. The monoisotopic (exact) mass is 929 g/mol. The number of ether oxygens (including phenoxy) is 3. The maximum atomic E-state index is 12.8. The Bertz CT molecular complexity index is 1390. The van der Waals surface area contributed by atoms with E-state index in [0.29, 0.717) is 19.3 Å². The number of rotatable bonds is 48. The first kappa shape index (κ1) is 63.1. The van der Waals surface area contributed by atoms with Crippen molar-refractivity contribution in [2.45, 2.75) is 245 Å². The van der Waals surface area contributed by atoms with Crippen molar-refractivity contribution < 1.29 is 28.6 Å². The summed E-state index contributed by atoms with van der Waals surface area (Å²) in [4.78, 5) is 38.1. The Labute approximate surface area is 412 Å². The SMILES string of the molecule is CC/C=C\C/C=C\C/C=C\C/C=C\C/C=C\CCCCCC(=O)OCC(COC(=O)CCCCCCC/C=C\C/C=C\CCC)OC(=O)CCCCCCCCC/C=C\C/C=C\CCCCC. The molecule has 0 amide bonds. The Morgan fingerprint density at radius 2 is 0.612 bits per heavy atom. The number of hydrogen-bond donors (Lipinski definition) is 0. The molecule has 0 bridgehead atoms. The van der Waals surface area contributed by atoms with Gasteiger partial charge in [-0.05, 0) is 122 Å². The molecule has 67 heavy (non-hydrogen) atoms. The zero-order valence-electron chi connectivity index (χ0n) is 43.4. The molecular weight excluding hydrogens is 829 g/mol. The quantitative estimate of drug-likeness (QED) is 0.0262. The fraction of sp³-hybridized carbons (Fsp3) is 0.656. The van der Waals surface area contributed by atoms with Gasteiger partial charge in [-0.2, -0.15) is 0 Å². The normalized spacial score (nSPS) is 12.9. The van der Waals surface area contributed by atoms with Gasteiger partial charge in [-0.25, -0.2) is 0 Å². The fourth-order valence-corrected chi connectivity index (χ4v) is 7.12. The summed E-state index contributed by atoms with van der Waals surface area (Å²) in [6.07, 6.45) is 73.5. The number of allylic oxidation sites excluding steroid dienone is 18. The number of carbonyl (C=O) groups is 3. The van der Waals surface area contributed by atoms with Crippen molar-refractivity contribution in [1.82, 2.24) is 0 Å². The van der Waals surface area contributed by atoms with E-state index in [1.54, 1.807) is 0 Å². The van der Waals surface area contributed by atoms with Crippen LogP contribution in [0.4, 0.5) is 0 Å². The number of hydrogen-bond acceptors (Lipinski definition) is 6. The van der Waals surface area contributed by atoms with Crippen LogP contribution in [0.5, 0.6) is 0 Å². The van der Waals surface area contributed by atoms with Gasteiger partial charge < -0.3 is 14.2 Å². The lowest BCUT2D eigenvalue weighted by molar-refractivity contribution is -0.167. The van der Waals surface area contributed by atoms with Crippen LogP contribution in [0, 0.1) is 0 Å². The molecule has 1 unspecified atom stereocenters. The summed E-state index contributed by atoms with van der Waals surface area (Å²) in [6, 6.07) is 0. The molecule has 0 saturated carbocycles. The minimum atomic E-state index is -0.804. The molecule has 0 aliphatic carbocycles. The van der Waals surface area contributed by atoms with E-state index in [9.17, 15) is 14.4 Å². The summed E-state index contributed by atoms with van der Waals surface area (Å²) in [5, 5.41) is 0. The molecular formula is C61H100O6. The second-order valence-corrected chi connectivity index (χ2v) is 17.7. The molecule has 0 radical (unpaired) electrons. The van der Waals surface area contributed by atoms with Crippen molar-refractivity contribution in [2.75, 3.05) is 13.2 Å². The lowest BCUT2D eigenvalue weighted by atomic mass is 10.1. The molecule has 6 heteroatoms. The lowest BCUT2D eigenvalue weighted by Gasteiger charge is -2.18. The van der Waals surface area contributed by atoms with Gasteiger partial charge in [0.1, 0.15) is 13.2 Å². The molecule has 0 aliphatic heterocycles. The van der Waals surface area contributed by atoms with Gasteiger partial charge in [-0.1, -0.05) is 207 Å². The smallest absolute Gasteiger partial charge is 0.306 e. The van der Waals surface area contributed by atoms with Crippen molar-refractivity contribution in [3.8, 4) is 0 Å². The lowest BCUT2D eigenvalue weighted by Crippen LogP contribution is -2.30. The molecule has 0 aliphatic rings. The van der Waals surface area contributed by atoms with Crippen LogP contribution in [0.1, 0.15) is 239 Å². The van der Waals surface area contributed by atoms with Crippen LogP contribution in [0.25, 0.3) is 0 Å². The summed E-state index contributed by atoms with van der Waals surface area (Å²) < 4.78 is 16.8. The van der Waals surface area contributed by atoms with E-state index in [-0.39, 0.29) is 31.1 Å². The van der Waals surface area contributed by atoms with E-state index in [2.05, 4.69) is 130 Å². The van der Waals surface area contributed by atoms with Crippen molar-refractivity contribution in [1.29, 1.82) is 0 Å². The van der Waals surface area contributed by atoms with Crippen molar-refractivity contribution >= 4 is 17.9 Å².